The largest absolute Gasteiger partial charge is 0.406 e. The average molecular weight is 252 g/mol. The Morgan fingerprint density at radius 3 is 2.59 bits per heavy atom. The molecule has 0 aliphatic rings. The van der Waals surface area contributed by atoms with Crippen molar-refractivity contribution in [2.45, 2.75) is 25.6 Å². The molecule has 1 unspecified atom stereocenters. The summed E-state index contributed by atoms with van der Waals surface area (Å²) in [5.74, 6) is 0.348. The number of rotatable bonds is 5. The van der Waals surface area contributed by atoms with E-state index < -0.39 is 12.6 Å². The quantitative estimate of drug-likeness (QED) is 0.865. The maximum Gasteiger partial charge on any atom is 0.390 e. The van der Waals surface area contributed by atoms with Gasteiger partial charge >= 0.3 is 12.2 Å². The van der Waals surface area contributed by atoms with E-state index in [0.29, 0.717) is 5.89 Å². The molecule has 0 bridgehead atoms. The number of hydrogen-bond acceptors (Lipinski definition) is 5. The second-order valence-corrected chi connectivity index (χ2v) is 3.72. The fraction of sp³-hybridized carbons (Fsp3) is 0.778. The summed E-state index contributed by atoms with van der Waals surface area (Å²) in [7, 11) is 3.20. The number of aromatic nitrogens is 2. The maximum atomic E-state index is 12.0. The molecule has 0 amide bonds. The Balaban J connectivity index is 2.58. The molecule has 0 fully saturated rings. The highest BCUT2D eigenvalue weighted by Crippen LogP contribution is 2.22. The van der Waals surface area contributed by atoms with E-state index in [1.165, 1.54) is 11.9 Å². The van der Waals surface area contributed by atoms with Gasteiger partial charge in [0.05, 0.1) is 12.5 Å². The van der Waals surface area contributed by atoms with Crippen molar-refractivity contribution in [1.29, 1.82) is 0 Å². The van der Waals surface area contributed by atoms with Gasteiger partial charge in [0.15, 0.2) is 0 Å². The average Bonchev–Trinajstić information content (AvgIpc) is 2.73. The standard InChI is InChI=1S/C9H15F3N4O/c1-6(13-2)7-14-15-8(17-7)16(3)5-4-9(10,11)12/h6,13H,4-5H2,1-3H3. The lowest BCUT2D eigenvalue weighted by Gasteiger charge is -2.15. The van der Waals surface area contributed by atoms with Gasteiger partial charge in [-0.25, -0.2) is 0 Å². The molecule has 0 aliphatic carbocycles. The first-order valence-corrected chi connectivity index (χ1v) is 5.12. The van der Waals surface area contributed by atoms with Crippen molar-refractivity contribution in [2.75, 3.05) is 25.5 Å². The molecular weight excluding hydrogens is 237 g/mol. The van der Waals surface area contributed by atoms with Gasteiger partial charge < -0.3 is 14.6 Å². The van der Waals surface area contributed by atoms with E-state index in [-0.39, 0.29) is 18.6 Å². The first-order valence-electron chi connectivity index (χ1n) is 5.12. The molecule has 1 heterocycles. The number of nitrogens with zero attached hydrogens (tertiary/aromatic N) is 3. The summed E-state index contributed by atoms with van der Waals surface area (Å²) in [6.45, 7) is 1.60. The van der Waals surface area contributed by atoms with Crippen LogP contribution in [0.5, 0.6) is 0 Å². The van der Waals surface area contributed by atoms with Gasteiger partial charge in [0.25, 0.3) is 0 Å². The van der Waals surface area contributed by atoms with E-state index in [9.17, 15) is 13.2 Å². The van der Waals surface area contributed by atoms with Crippen LogP contribution in [0.15, 0.2) is 4.42 Å². The molecule has 1 atom stereocenters. The smallest absolute Gasteiger partial charge is 0.390 e. The summed E-state index contributed by atoms with van der Waals surface area (Å²) in [6, 6.07) is -0.0429. The molecule has 17 heavy (non-hydrogen) atoms. The molecular formula is C9H15F3N4O. The van der Waals surface area contributed by atoms with E-state index in [0.717, 1.165) is 0 Å². The molecule has 1 rings (SSSR count). The second-order valence-electron chi connectivity index (χ2n) is 3.72. The van der Waals surface area contributed by atoms with E-state index in [1.807, 2.05) is 6.92 Å². The molecule has 98 valence electrons. The fourth-order valence-corrected chi connectivity index (χ4v) is 1.07. The molecule has 1 N–H and O–H groups in total. The monoisotopic (exact) mass is 252 g/mol. The lowest BCUT2D eigenvalue weighted by molar-refractivity contribution is -0.132. The van der Waals surface area contributed by atoms with Crippen molar-refractivity contribution in [2.24, 2.45) is 0 Å². The minimum atomic E-state index is -4.19. The molecule has 0 aromatic carbocycles. The minimum Gasteiger partial charge on any atom is -0.406 e. The van der Waals surface area contributed by atoms with Gasteiger partial charge in [0, 0.05) is 13.6 Å². The second kappa shape index (κ2) is 5.35. The highest BCUT2D eigenvalue weighted by atomic mass is 19.4. The summed E-state index contributed by atoms with van der Waals surface area (Å²) < 4.78 is 41.3. The number of alkyl halides is 3. The summed E-state index contributed by atoms with van der Waals surface area (Å²) in [5, 5.41) is 10.3. The van der Waals surface area contributed by atoms with Crippen LogP contribution in [0.1, 0.15) is 25.3 Å². The summed E-state index contributed by atoms with van der Waals surface area (Å²) in [4.78, 5) is 1.28. The van der Waals surface area contributed by atoms with Gasteiger partial charge in [0.1, 0.15) is 0 Å². The van der Waals surface area contributed by atoms with Crippen LogP contribution in [0.4, 0.5) is 19.2 Å². The fourth-order valence-electron chi connectivity index (χ4n) is 1.07. The molecule has 0 radical (unpaired) electrons. The van der Waals surface area contributed by atoms with Gasteiger partial charge in [-0.15, -0.1) is 5.10 Å². The molecule has 0 saturated carbocycles. The third kappa shape index (κ3) is 4.22. The molecule has 0 spiro atoms. The Hall–Kier alpha value is -1.31. The van der Waals surface area contributed by atoms with Crippen molar-refractivity contribution in [1.82, 2.24) is 15.5 Å². The Labute approximate surface area is 97.0 Å². The SMILES string of the molecule is CNC(C)c1nnc(N(C)CCC(F)(F)F)o1. The normalized spacial score (nSPS) is 13.8. The molecule has 1 aromatic heterocycles. The molecule has 1 aromatic rings. The van der Waals surface area contributed by atoms with Crippen LogP contribution < -0.4 is 10.2 Å². The highest BCUT2D eigenvalue weighted by molar-refractivity contribution is 5.21. The Morgan fingerprint density at radius 2 is 2.06 bits per heavy atom. The Bertz CT molecular complexity index is 352. The Morgan fingerprint density at radius 1 is 1.41 bits per heavy atom. The van der Waals surface area contributed by atoms with Gasteiger partial charge in [-0.3, -0.25) is 0 Å². The summed E-state index contributed by atoms with van der Waals surface area (Å²) in [6.07, 6.45) is -5.10. The van der Waals surface area contributed by atoms with Crippen LogP contribution in [0, 0.1) is 0 Å². The molecule has 0 aliphatic heterocycles. The molecule has 8 heteroatoms. The van der Waals surface area contributed by atoms with E-state index in [2.05, 4.69) is 15.5 Å². The third-order valence-corrected chi connectivity index (χ3v) is 2.29. The lowest BCUT2D eigenvalue weighted by atomic mass is 10.3. The van der Waals surface area contributed by atoms with Gasteiger partial charge in [-0.2, -0.15) is 13.2 Å². The van der Waals surface area contributed by atoms with Crippen molar-refractivity contribution in [3.63, 3.8) is 0 Å². The first-order chi connectivity index (χ1) is 7.83. The highest BCUT2D eigenvalue weighted by Gasteiger charge is 2.28. The summed E-state index contributed by atoms with van der Waals surface area (Å²) >= 11 is 0. The topological polar surface area (TPSA) is 54.2 Å². The number of nitrogens with one attached hydrogen (secondary N) is 1. The predicted molar refractivity (Wildman–Crippen MR) is 55.7 cm³/mol. The van der Waals surface area contributed by atoms with Crippen LogP contribution in [-0.4, -0.2) is 37.0 Å². The van der Waals surface area contributed by atoms with E-state index in [1.54, 1.807) is 7.05 Å². The zero-order valence-electron chi connectivity index (χ0n) is 9.88. The van der Waals surface area contributed by atoms with Crippen LogP contribution in [0.2, 0.25) is 0 Å². The first kappa shape index (κ1) is 13.8. The van der Waals surface area contributed by atoms with Crippen LogP contribution >= 0.6 is 0 Å². The van der Waals surface area contributed by atoms with Crippen LogP contribution in [0.25, 0.3) is 0 Å². The number of halogens is 3. The third-order valence-electron chi connectivity index (χ3n) is 2.29. The predicted octanol–water partition coefficient (Wildman–Crippen LogP) is 1.74. The van der Waals surface area contributed by atoms with Gasteiger partial charge in [-0.1, -0.05) is 5.10 Å². The maximum absolute atomic E-state index is 12.0. The van der Waals surface area contributed by atoms with Crippen molar-refractivity contribution in [3.8, 4) is 0 Å². The molecule has 5 nitrogen and oxygen atoms in total. The van der Waals surface area contributed by atoms with Crippen LogP contribution in [0.3, 0.4) is 0 Å². The minimum absolute atomic E-state index is 0.0892. The van der Waals surface area contributed by atoms with Crippen molar-refractivity contribution < 1.29 is 17.6 Å². The van der Waals surface area contributed by atoms with Crippen molar-refractivity contribution >= 4 is 6.01 Å². The lowest BCUT2D eigenvalue weighted by Crippen LogP contribution is -2.24. The van der Waals surface area contributed by atoms with E-state index >= 15 is 0 Å². The zero-order valence-corrected chi connectivity index (χ0v) is 9.88. The molecule has 0 saturated heterocycles. The summed E-state index contributed by atoms with van der Waals surface area (Å²) in [5.41, 5.74) is 0. The Kier molecular flexibility index (Phi) is 4.33. The van der Waals surface area contributed by atoms with Crippen LogP contribution in [-0.2, 0) is 0 Å². The van der Waals surface area contributed by atoms with Crippen molar-refractivity contribution in [3.05, 3.63) is 5.89 Å². The van der Waals surface area contributed by atoms with Gasteiger partial charge in [-0.05, 0) is 14.0 Å². The number of hydrogen-bond donors (Lipinski definition) is 1. The van der Waals surface area contributed by atoms with Gasteiger partial charge in [0.2, 0.25) is 5.89 Å². The van der Waals surface area contributed by atoms with E-state index in [4.69, 9.17) is 4.42 Å². The zero-order chi connectivity index (χ0) is 13.1. The number of anilines is 1.